The summed E-state index contributed by atoms with van der Waals surface area (Å²) in [5.41, 5.74) is -0.0185. The molecule has 1 unspecified atom stereocenters. The van der Waals surface area contributed by atoms with Gasteiger partial charge in [-0.15, -0.1) is 0 Å². The van der Waals surface area contributed by atoms with E-state index in [1.54, 1.807) is 0 Å². The Morgan fingerprint density at radius 2 is 1.92 bits per heavy atom. The fraction of sp³-hybridized carbons (Fsp3) is 0.250. The van der Waals surface area contributed by atoms with E-state index in [1.807, 2.05) is 0 Å². The Balaban J connectivity index is 3.07. The van der Waals surface area contributed by atoms with Crippen LogP contribution in [0.15, 0.2) is 22.7 Å². The van der Waals surface area contributed by atoms with Gasteiger partial charge < -0.3 is 10.2 Å². The van der Waals surface area contributed by atoms with Crippen LogP contribution < -0.4 is 0 Å². The van der Waals surface area contributed by atoms with E-state index in [9.17, 15) is 8.78 Å². The van der Waals surface area contributed by atoms with Crippen LogP contribution in [-0.4, -0.2) is 16.6 Å². The molecule has 13 heavy (non-hydrogen) atoms. The van der Waals surface area contributed by atoms with Crippen molar-refractivity contribution in [3.8, 4) is 5.75 Å². The molecule has 72 valence electrons. The topological polar surface area (TPSA) is 40.5 Å². The van der Waals surface area contributed by atoms with E-state index in [-0.39, 0.29) is 15.8 Å². The summed E-state index contributed by atoms with van der Waals surface area (Å²) in [7, 11) is 0. The Morgan fingerprint density at radius 1 is 1.31 bits per heavy atom. The van der Waals surface area contributed by atoms with Gasteiger partial charge in [0.25, 0.3) is 6.43 Å². The fourth-order valence-corrected chi connectivity index (χ4v) is 1.40. The minimum Gasteiger partial charge on any atom is -0.507 e. The van der Waals surface area contributed by atoms with Crippen LogP contribution in [0.2, 0.25) is 0 Å². The maximum Gasteiger partial charge on any atom is 0.268 e. The van der Waals surface area contributed by atoms with E-state index >= 15 is 0 Å². The van der Waals surface area contributed by atoms with Crippen molar-refractivity contribution in [1.29, 1.82) is 0 Å². The fourth-order valence-electron chi connectivity index (χ4n) is 0.901. The Morgan fingerprint density at radius 3 is 2.46 bits per heavy atom. The van der Waals surface area contributed by atoms with Crippen molar-refractivity contribution in [3.63, 3.8) is 0 Å². The number of hydrogen-bond donors (Lipinski definition) is 2. The molecule has 0 fully saturated rings. The number of phenols is 1. The van der Waals surface area contributed by atoms with E-state index in [0.29, 0.717) is 0 Å². The molecule has 1 aromatic rings. The van der Waals surface area contributed by atoms with Crippen LogP contribution in [0.5, 0.6) is 5.75 Å². The number of hydrogen-bond acceptors (Lipinski definition) is 2. The molecule has 2 N–H and O–H groups in total. The van der Waals surface area contributed by atoms with Gasteiger partial charge in [-0.3, -0.25) is 0 Å². The molecule has 0 bridgehead atoms. The number of aromatic hydroxyl groups is 1. The monoisotopic (exact) mass is 252 g/mol. The van der Waals surface area contributed by atoms with E-state index in [1.165, 1.54) is 18.2 Å². The molecule has 0 saturated carbocycles. The number of halogens is 3. The highest BCUT2D eigenvalue weighted by Crippen LogP contribution is 2.33. The molecular weight excluding hydrogens is 246 g/mol. The van der Waals surface area contributed by atoms with Crippen LogP contribution in [0.25, 0.3) is 0 Å². The summed E-state index contributed by atoms with van der Waals surface area (Å²) < 4.78 is 24.2. The lowest BCUT2D eigenvalue weighted by Gasteiger charge is -2.11. The Kier molecular flexibility index (Phi) is 3.22. The third kappa shape index (κ3) is 2.16. The molecule has 1 atom stereocenters. The predicted molar refractivity (Wildman–Crippen MR) is 46.8 cm³/mol. The lowest BCUT2D eigenvalue weighted by molar-refractivity contribution is -0.00628. The molecule has 0 aliphatic rings. The third-order valence-corrected chi connectivity index (χ3v) is 2.43. The smallest absolute Gasteiger partial charge is 0.268 e. The molecule has 5 heteroatoms. The van der Waals surface area contributed by atoms with Gasteiger partial charge in [-0.05, 0) is 22.0 Å². The van der Waals surface area contributed by atoms with Gasteiger partial charge in [0, 0.05) is 5.56 Å². The van der Waals surface area contributed by atoms with Crippen molar-refractivity contribution in [2.24, 2.45) is 0 Å². The molecule has 0 saturated heterocycles. The van der Waals surface area contributed by atoms with Gasteiger partial charge in [-0.25, -0.2) is 8.78 Å². The molecule has 0 aromatic heterocycles. The van der Waals surface area contributed by atoms with Gasteiger partial charge in [-0.1, -0.05) is 12.1 Å². The van der Waals surface area contributed by atoms with Gasteiger partial charge in [0.15, 0.2) is 0 Å². The maximum atomic E-state index is 12.1. The van der Waals surface area contributed by atoms with Crippen molar-refractivity contribution in [1.82, 2.24) is 0 Å². The Labute approximate surface area is 81.9 Å². The minimum absolute atomic E-state index is 0.0185. The summed E-state index contributed by atoms with van der Waals surface area (Å²) in [5.74, 6) is -0.169. The highest BCUT2D eigenvalue weighted by atomic mass is 79.9. The number of rotatable bonds is 2. The van der Waals surface area contributed by atoms with Gasteiger partial charge in [0.05, 0.1) is 4.47 Å². The maximum absolute atomic E-state index is 12.1. The summed E-state index contributed by atoms with van der Waals surface area (Å²) >= 11 is 2.91. The summed E-state index contributed by atoms with van der Waals surface area (Å²) in [5, 5.41) is 18.1. The van der Waals surface area contributed by atoms with Crippen LogP contribution in [0.3, 0.4) is 0 Å². The zero-order chi connectivity index (χ0) is 10.0. The van der Waals surface area contributed by atoms with E-state index in [0.717, 1.165) is 0 Å². The van der Waals surface area contributed by atoms with Gasteiger partial charge >= 0.3 is 0 Å². The molecule has 0 amide bonds. The molecule has 0 heterocycles. The van der Waals surface area contributed by atoms with Crippen LogP contribution >= 0.6 is 15.9 Å². The molecule has 2 nitrogen and oxygen atoms in total. The van der Waals surface area contributed by atoms with Crippen LogP contribution in [0.1, 0.15) is 11.7 Å². The second kappa shape index (κ2) is 4.02. The zero-order valence-electron chi connectivity index (χ0n) is 6.42. The van der Waals surface area contributed by atoms with Crippen LogP contribution in [-0.2, 0) is 0 Å². The molecule has 0 radical (unpaired) electrons. The normalized spacial score (nSPS) is 13.3. The van der Waals surface area contributed by atoms with Crippen molar-refractivity contribution in [3.05, 3.63) is 28.2 Å². The molecular formula is C8H7BrF2O2. The van der Waals surface area contributed by atoms with Gasteiger partial charge in [-0.2, -0.15) is 0 Å². The number of benzene rings is 1. The first-order chi connectivity index (χ1) is 6.04. The first-order valence-corrected chi connectivity index (χ1v) is 4.27. The zero-order valence-corrected chi connectivity index (χ0v) is 8.00. The average molecular weight is 253 g/mol. The van der Waals surface area contributed by atoms with Gasteiger partial charge in [0.2, 0.25) is 0 Å². The number of phenolic OH excluding ortho intramolecular Hbond substituents is 1. The van der Waals surface area contributed by atoms with Gasteiger partial charge in [0.1, 0.15) is 11.9 Å². The lowest BCUT2D eigenvalue weighted by Crippen LogP contribution is -2.08. The summed E-state index contributed by atoms with van der Waals surface area (Å²) in [6.07, 6.45) is -4.74. The van der Waals surface area contributed by atoms with Crippen molar-refractivity contribution in [2.45, 2.75) is 12.5 Å². The molecule has 1 aromatic carbocycles. The first kappa shape index (κ1) is 10.4. The number of aliphatic hydroxyl groups is 1. The van der Waals surface area contributed by atoms with E-state index in [4.69, 9.17) is 10.2 Å². The Hall–Kier alpha value is -0.680. The SMILES string of the molecule is Oc1cccc(C(O)C(F)F)c1Br. The summed E-state index contributed by atoms with van der Waals surface area (Å²) in [6.45, 7) is 0. The largest absolute Gasteiger partial charge is 0.507 e. The van der Waals surface area contributed by atoms with Crippen molar-refractivity contribution in [2.75, 3.05) is 0 Å². The van der Waals surface area contributed by atoms with Crippen LogP contribution in [0, 0.1) is 0 Å². The molecule has 1 rings (SSSR count). The van der Waals surface area contributed by atoms with E-state index in [2.05, 4.69) is 15.9 Å². The number of aliphatic hydroxyl groups excluding tert-OH is 1. The minimum atomic E-state index is -2.86. The van der Waals surface area contributed by atoms with E-state index < -0.39 is 12.5 Å². The Bertz CT molecular complexity index is 304. The number of alkyl halides is 2. The highest BCUT2D eigenvalue weighted by Gasteiger charge is 2.22. The quantitative estimate of drug-likeness (QED) is 0.849. The predicted octanol–water partition coefficient (Wildman–Crippen LogP) is 2.45. The highest BCUT2D eigenvalue weighted by molar-refractivity contribution is 9.10. The average Bonchev–Trinajstić information content (AvgIpc) is 2.08. The van der Waals surface area contributed by atoms with Crippen molar-refractivity contribution < 1.29 is 19.0 Å². The third-order valence-electron chi connectivity index (χ3n) is 1.57. The van der Waals surface area contributed by atoms with Crippen molar-refractivity contribution >= 4 is 15.9 Å². The molecule has 0 spiro atoms. The second-order valence-corrected chi connectivity index (χ2v) is 3.25. The summed E-state index contributed by atoms with van der Waals surface area (Å²) in [6, 6.07) is 4.05. The molecule has 0 aliphatic heterocycles. The molecule has 0 aliphatic carbocycles. The first-order valence-electron chi connectivity index (χ1n) is 3.47. The summed E-state index contributed by atoms with van der Waals surface area (Å²) in [4.78, 5) is 0. The standard InChI is InChI=1S/C8H7BrF2O2/c9-6-4(7(13)8(10)11)2-1-3-5(6)12/h1-3,7-8,12-13H. The lowest BCUT2D eigenvalue weighted by atomic mass is 10.1. The van der Waals surface area contributed by atoms with Crippen LogP contribution in [0.4, 0.5) is 8.78 Å². The second-order valence-electron chi connectivity index (χ2n) is 2.46.